The first-order valence-corrected chi connectivity index (χ1v) is 14.1. The maximum absolute atomic E-state index is 11.4. The molecule has 4 aliphatic heterocycles. The molecule has 4 aliphatic rings. The summed E-state index contributed by atoms with van der Waals surface area (Å²) in [4.78, 5) is 22.8. The number of aliphatic carboxylic acids is 2. The maximum atomic E-state index is 11.4. The Bertz CT molecular complexity index is 1070. The molecule has 4 fully saturated rings. The third-order valence-corrected chi connectivity index (χ3v) is 8.12. The van der Waals surface area contributed by atoms with Gasteiger partial charge in [-0.05, 0) is 0 Å². The first kappa shape index (κ1) is 38.0. The Kier molecular flexibility index (Phi) is 12.4. The zero-order valence-electron chi connectivity index (χ0n) is 23.9. The fourth-order valence-corrected chi connectivity index (χ4v) is 5.39. The lowest BCUT2D eigenvalue weighted by Crippen LogP contribution is -2.67. The first-order chi connectivity index (χ1) is 22.0. The van der Waals surface area contributed by atoms with Crippen molar-refractivity contribution in [2.24, 2.45) is 0 Å². The van der Waals surface area contributed by atoms with Gasteiger partial charge in [-0.25, -0.2) is 9.59 Å². The number of hydrogen-bond acceptors (Lipinski definition) is 21. The molecule has 4 rings (SSSR count). The van der Waals surface area contributed by atoms with Gasteiger partial charge in [0, 0.05) is 0 Å². The van der Waals surface area contributed by atoms with Crippen LogP contribution >= 0.6 is 0 Å². The van der Waals surface area contributed by atoms with Crippen LogP contribution in [0.15, 0.2) is 0 Å². The van der Waals surface area contributed by atoms with Crippen molar-refractivity contribution in [1.82, 2.24) is 0 Å². The van der Waals surface area contributed by atoms with E-state index in [0.29, 0.717) is 0 Å². The van der Waals surface area contributed by atoms with Crippen LogP contribution in [0.1, 0.15) is 0 Å². The average molecular weight is 695 g/mol. The third-order valence-electron chi connectivity index (χ3n) is 8.12. The number of carbonyl (C=O) groups is 2. The van der Waals surface area contributed by atoms with Gasteiger partial charge in [0.15, 0.2) is 37.4 Å². The minimum Gasteiger partial charge on any atom is -0.479 e. The Morgan fingerprint density at radius 1 is 0.489 bits per heavy atom. The summed E-state index contributed by atoms with van der Waals surface area (Å²) in [7, 11) is 0. The van der Waals surface area contributed by atoms with Gasteiger partial charge in [0.05, 0.1) is 13.2 Å². The fourth-order valence-electron chi connectivity index (χ4n) is 5.39. The van der Waals surface area contributed by atoms with E-state index in [1.54, 1.807) is 0 Å². The minimum atomic E-state index is -2.16. The summed E-state index contributed by atoms with van der Waals surface area (Å²) in [5.41, 5.74) is 0. The van der Waals surface area contributed by atoms with Crippen LogP contribution in [0.3, 0.4) is 0 Å². The molecule has 0 radical (unpaired) electrons. The fraction of sp³-hybridized carbons (Fsp3) is 0.917. The van der Waals surface area contributed by atoms with Crippen molar-refractivity contribution in [2.75, 3.05) is 13.2 Å². The van der Waals surface area contributed by atoms with Crippen LogP contribution in [-0.2, 0) is 42.7 Å². The number of carboxylic acids is 2. The third kappa shape index (κ3) is 7.68. The van der Waals surface area contributed by atoms with Gasteiger partial charge < -0.3 is 105 Å². The summed E-state index contributed by atoms with van der Waals surface area (Å²) in [6, 6.07) is 0. The van der Waals surface area contributed by atoms with Gasteiger partial charge in [-0.15, -0.1) is 0 Å². The zero-order chi connectivity index (χ0) is 35.1. The van der Waals surface area contributed by atoms with E-state index in [2.05, 4.69) is 0 Å². The van der Waals surface area contributed by atoms with Crippen molar-refractivity contribution in [3.63, 3.8) is 0 Å². The van der Waals surface area contributed by atoms with Crippen molar-refractivity contribution in [1.29, 1.82) is 0 Å². The largest absolute Gasteiger partial charge is 0.479 e. The number of aliphatic hydroxyl groups is 12. The predicted octanol–water partition coefficient (Wildman–Crippen LogP) is -9.56. The summed E-state index contributed by atoms with van der Waals surface area (Å²) in [5, 5.41) is 142. The number of ether oxygens (including phenoxy) is 7. The molecule has 0 unspecified atom stereocenters. The first-order valence-electron chi connectivity index (χ1n) is 14.1. The molecule has 4 heterocycles. The second-order valence-electron chi connectivity index (χ2n) is 11.3. The van der Waals surface area contributed by atoms with Crippen molar-refractivity contribution >= 4 is 11.9 Å². The Balaban J connectivity index is 1.47. The second-order valence-corrected chi connectivity index (χ2v) is 11.3. The zero-order valence-corrected chi connectivity index (χ0v) is 23.9. The lowest BCUT2D eigenvalue weighted by atomic mass is 9.96. The Hall–Kier alpha value is -1.82. The van der Waals surface area contributed by atoms with E-state index < -0.39 is 148 Å². The SMILES string of the molecule is O=C(O)[C@H]1O[C@@H](OC[C@H]2O[C@@H](O)[C@H](O)[C@@H](O[C@@H]3O[C@H](CO)[C@H](O)[C@H](O[C@@H]4O[C@H](C(=O)O)[C@@H](O)[C@H](O)[C@H]4O)[C@H]3O)[C@H]2O)[C@H](O)[C@@H](O)[C@@H]1O. The van der Waals surface area contributed by atoms with Crippen molar-refractivity contribution in [3.8, 4) is 0 Å². The second kappa shape index (κ2) is 15.4. The number of aliphatic hydroxyl groups excluding tert-OH is 12. The lowest BCUT2D eigenvalue weighted by molar-refractivity contribution is -0.379. The highest BCUT2D eigenvalue weighted by Crippen LogP contribution is 2.33. The monoisotopic (exact) mass is 694 g/mol. The highest BCUT2D eigenvalue weighted by Gasteiger charge is 2.55. The molecule has 0 amide bonds. The highest BCUT2D eigenvalue weighted by atomic mass is 16.8. The summed E-state index contributed by atoms with van der Waals surface area (Å²) in [6.07, 6.45) is -40.1. The van der Waals surface area contributed by atoms with E-state index in [1.165, 1.54) is 0 Å². The molecule has 0 aromatic rings. The predicted molar refractivity (Wildman–Crippen MR) is 135 cm³/mol. The van der Waals surface area contributed by atoms with Crippen LogP contribution in [0, 0.1) is 0 Å². The molecular weight excluding hydrogens is 656 g/mol. The van der Waals surface area contributed by atoms with Gasteiger partial charge >= 0.3 is 11.9 Å². The summed E-state index contributed by atoms with van der Waals surface area (Å²) >= 11 is 0. The quantitative estimate of drug-likeness (QED) is 0.101. The van der Waals surface area contributed by atoms with Gasteiger partial charge in [-0.1, -0.05) is 0 Å². The van der Waals surface area contributed by atoms with Crippen molar-refractivity contribution in [3.05, 3.63) is 0 Å². The van der Waals surface area contributed by atoms with Crippen LogP contribution in [-0.4, -0.2) is 219 Å². The summed E-state index contributed by atoms with van der Waals surface area (Å²) in [6.45, 7) is -1.81. The standard InChI is InChI=1S/C24H38O23/c25-1-3-5(26)16(45-23-12(33)8(29)10(31)18(47-23)20(38)39)14(35)24(43-3)44-15-6(27)4(42-21(40)13(15)34)2-41-22-11(32)7(28)9(30)17(46-22)19(36)37/h3-18,21-35,40H,1-2H2,(H,36,37)(H,38,39)/t3-,4-,5+,6+,7+,8+,9+,10+,11-,12-,13-,14-,15+,16+,17+,18+,21-,22-,23-,24+/m1/s1. The molecule has 20 atom stereocenters. The molecule has 23 heteroatoms. The Labute approximate surface area is 262 Å². The van der Waals surface area contributed by atoms with E-state index >= 15 is 0 Å². The molecule has 47 heavy (non-hydrogen) atoms. The molecule has 14 N–H and O–H groups in total. The van der Waals surface area contributed by atoms with Crippen LogP contribution in [0.2, 0.25) is 0 Å². The molecule has 4 saturated heterocycles. The lowest BCUT2D eigenvalue weighted by Gasteiger charge is -2.47. The van der Waals surface area contributed by atoms with E-state index in [9.17, 15) is 81.1 Å². The number of hydrogen-bond donors (Lipinski definition) is 14. The maximum Gasteiger partial charge on any atom is 0.335 e. The Morgan fingerprint density at radius 3 is 1.45 bits per heavy atom. The number of rotatable bonds is 10. The summed E-state index contributed by atoms with van der Waals surface area (Å²) in [5.74, 6) is -3.48. The van der Waals surface area contributed by atoms with E-state index in [-0.39, 0.29) is 0 Å². The molecule has 272 valence electrons. The average Bonchev–Trinajstić information content (AvgIpc) is 3.02. The van der Waals surface area contributed by atoms with Gasteiger partial charge in [0.1, 0.15) is 85.5 Å². The van der Waals surface area contributed by atoms with Crippen LogP contribution in [0.4, 0.5) is 0 Å². The molecule has 0 aromatic carbocycles. The Morgan fingerprint density at radius 2 is 0.936 bits per heavy atom. The molecular formula is C24H38O23. The summed E-state index contributed by atoms with van der Waals surface area (Å²) < 4.78 is 36.4. The minimum absolute atomic E-state index is 0.838. The molecule has 0 aromatic heterocycles. The van der Waals surface area contributed by atoms with Crippen molar-refractivity contribution < 1.29 is 114 Å². The van der Waals surface area contributed by atoms with E-state index in [4.69, 9.17) is 33.2 Å². The topological polar surface area (TPSA) is 382 Å². The molecule has 0 bridgehead atoms. The molecule has 0 aliphatic carbocycles. The van der Waals surface area contributed by atoms with E-state index in [1.807, 2.05) is 0 Å². The van der Waals surface area contributed by atoms with E-state index in [0.717, 1.165) is 0 Å². The normalized spacial score (nSPS) is 51.0. The van der Waals surface area contributed by atoms with Crippen LogP contribution < -0.4 is 0 Å². The molecule has 0 spiro atoms. The van der Waals surface area contributed by atoms with Crippen LogP contribution in [0.25, 0.3) is 0 Å². The van der Waals surface area contributed by atoms with Gasteiger partial charge in [0.2, 0.25) is 0 Å². The van der Waals surface area contributed by atoms with Gasteiger partial charge in [0.25, 0.3) is 0 Å². The van der Waals surface area contributed by atoms with Crippen LogP contribution in [0.5, 0.6) is 0 Å². The number of carboxylic acid groups (broad SMARTS) is 2. The van der Waals surface area contributed by atoms with Gasteiger partial charge in [-0.2, -0.15) is 0 Å². The van der Waals surface area contributed by atoms with Gasteiger partial charge in [-0.3, -0.25) is 0 Å². The van der Waals surface area contributed by atoms with Crippen molar-refractivity contribution in [2.45, 2.75) is 123 Å². The smallest absolute Gasteiger partial charge is 0.335 e. The highest BCUT2D eigenvalue weighted by molar-refractivity contribution is 5.73. The molecule has 0 saturated carbocycles. The molecule has 23 nitrogen and oxygen atoms in total.